The summed E-state index contributed by atoms with van der Waals surface area (Å²) < 4.78 is 75.9. The van der Waals surface area contributed by atoms with Crippen LogP contribution in [0.3, 0.4) is 0 Å². The Kier molecular flexibility index (Phi) is 9.55. The van der Waals surface area contributed by atoms with E-state index in [0.717, 1.165) is 36.3 Å². The molecule has 0 atom stereocenters. The zero-order valence-electron chi connectivity index (χ0n) is 25.8. The van der Waals surface area contributed by atoms with E-state index in [1.54, 1.807) is 24.3 Å². The van der Waals surface area contributed by atoms with E-state index in [2.05, 4.69) is 10.3 Å². The zero-order chi connectivity index (χ0) is 36.7. The molecule has 0 amide bonds. The largest absolute Gasteiger partial charge is 0.481 e. The van der Waals surface area contributed by atoms with Crippen LogP contribution in [0.5, 0.6) is 5.75 Å². The highest BCUT2D eigenvalue weighted by Gasteiger charge is 2.36. The third-order valence-corrected chi connectivity index (χ3v) is 10.2. The topological polar surface area (TPSA) is 244 Å². The van der Waals surface area contributed by atoms with Crippen molar-refractivity contribution in [2.45, 2.75) is 22.6 Å². The highest BCUT2D eigenvalue weighted by atomic mass is 32.2. The number of aromatic nitrogens is 1. The molecule has 51 heavy (non-hydrogen) atoms. The maximum Gasteiger partial charge on any atom is 0.303 e. The minimum absolute atomic E-state index is 0.0158. The van der Waals surface area contributed by atoms with Crippen molar-refractivity contribution < 1.29 is 54.7 Å². The van der Waals surface area contributed by atoms with E-state index in [1.165, 1.54) is 30.3 Å². The van der Waals surface area contributed by atoms with Gasteiger partial charge in [-0.1, -0.05) is 54.6 Å². The lowest BCUT2D eigenvalue weighted by molar-refractivity contribution is -0.137. The second kappa shape index (κ2) is 13.7. The number of carbonyl (C=O) groups excluding carboxylic acids is 2. The summed E-state index contributed by atoms with van der Waals surface area (Å²) in [6, 6.07) is 17.6. The average Bonchev–Trinajstić information content (AvgIpc) is 3.07. The number of nitrogens with one attached hydrogen (secondary N) is 2. The molecule has 4 aromatic carbocycles. The molecule has 0 aliphatic heterocycles. The summed E-state index contributed by atoms with van der Waals surface area (Å²) in [7, 11) is -10.2. The van der Waals surface area contributed by atoms with Gasteiger partial charge < -0.3 is 20.3 Å². The summed E-state index contributed by atoms with van der Waals surface area (Å²) in [5, 5.41) is 11.2. The lowest BCUT2D eigenvalue weighted by Crippen LogP contribution is -2.25. The molecule has 0 fully saturated rings. The van der Waals surface area contributed by atoms with Crippen molar-refractivity contribution in [3.8, 4) is 16.9 Å². The lowest BCUT2D eigenvalue weighted by Gasteiger charge is -2.25. The van der Waals surface area contributed by atoms with E-state index < -0.39 is 75.6 Å². The van der Waals surface area contributed by atoms with Gasteiger partial charge in [-0.25, -0.2) is 0 Å². The molecule has 6 rings (SSSR count). The van der Waals surface area contributed by atoms with Gasteiger partial charge in [-0.2, -0.15) is 16.8 Å². The van der Waals surface area contributed by atoms with Crippen LogP contribution in [-0.2, 0) is 29.4 Å². The van der Waals surface area contributed by atoms with Gasteiger partial charge in [0.05, 0.1) is 28.0 Å². The molecule has 0 saturated heterocycles. The smallest absolute Gasteiger partial charge is 0.303 e. The first-order chi connectivity index (χ1) is 24.2. The first-order valence-corrected chi connectivity index (χ1v) is 18.5. The number of benzene rings is 4. The first kappa shape index (κ1) is 35.5. The quantitative estimate of drug-likeness (QED) is 0.0259. The Labute approximate surface area is 292 Å². The predicted octanol–water partition coefficient (Wildman–Crippen LogP) is 5.03. The molecule has 0 spiro atoms. The highest BCUT2D eigenvalue weighted by molar-refractivity contribution is 7.94. The Morgan fingerprint density at radius 2 is 1.47 bits per heavy atom. The Bertz CT molecular complexity index is 2550. The Morgan fingerprint density at radius 1 is 0.804 bits per heavy atom. The molecular formula is C33H24N2O13S3. The van der Waals surface area contributed by atoms with Gasteiger partial charge in [0.1, 0.15) is 9.79 Å². The van der Waals surface area contributed by atoms with Crippen molar-refractivity contribution in [2.24, 2.45) is 0 Å². The molecule has 1 heterocycles. The zero-order valence-corrected chi connectivity index (χ0v) is 28.2. The van der Waals surface area contributed by atoms with Crippen molar-refractivity contribution in [3.05, 3.63) is 111 Å². The van der Waals surface area contributed by atoms with Gasteiger partial charge in [0.2, 0.25) is 0 Å². The molecule has 0 unspecified atom stereocenters. The number of pyridine rings is 1. The summed E-state index contributed by atoms with van der Waals surface area (Å²) in [4.78, 5) is 58.4. The van der Waals surface area contributed by atoms with Crippen molar-refractivity contribution in [1.29, 1.82) is 0 Å². The SMILES string of the molecule is O=C(O)CCCSOOc1ccc(S(=O)(=O)O)c(Nc2cc(S(=O)(=O)O)c3[nH]c(=O)c(C(=O)c4ccccc4)c4c3c2C(=O)c2ccccc2-4)c1. The van der Waals surface area contributed by atoms with Gasteiger partial charge in [0.15, 0.2) is 17.3 Å². The van der Waals surface area contributed by atoms with Crippen molar-refractivity contribution in [2.75, 3.05) is 11.1 Å². The number of carbonyl (C=O) groups is 3. The molecule has 1 aliphatic rings. The van der Waals surface area contributed by atoms with Crippen LogP contribution in [0.2, 0.25) is 0 Å². The van der Waals surface area contributed by atoms with E-state index >= 15 is 0 Å². The summed E-state index contributed by atoms with van der Waals surface area (Å²) in [5.41, 5.74) is -2.94. The number of rotatable bonds is 13. The molecule has 1 aliphatic carbocycles. The molecular weight excluding hydrogens is 729 g/mol. The highest BCUT2D eigenvalue weighted by Crippen LogP contribution is 2.46. The number of hydrogen-bond acceptors (Lipinski definition) is 12. The molecule has 0 radical (unpaired) electrons. The molecule has 5 N–H and O–H groups in total. The Hall–Kier alpha value is -5.37. The standard InChI is InChI=1S/C33H24N2O13S3/c36-25(37)11-6-14-49-48-47-18-12-13-23(50(41,42)43)21(15-18)34-22-16-24(51(44,45)46)30-28-26(19-9-4-5-10-20(19)32(39)27(22)28)29(33(40)35-30)31(38)17-7-2-1-3-8-17/h1-5,7-10,12-13,15-16,34H,6,11,14H2,(H,35,40)(H,36,37)(H,41,42,43)(H,44,45,46). The maximum absolute atomic E-state index is 14.2. The van der Waals surface area contributed by atoms with Gasteiger partial charge in [-0.05, 0) is 30.2 Å². The van der Waals surface area contributed by atoms with Gasteiger partial charge in [-0.3, -0.25) is 28.3 Å². The third-order valence-electron chi connectivity index (χ3n) is 7.76. The number of anilines is 2. The van der Waals surface area contributed by atoms with Crippen molar-refractivity contribution >= 4 is 72.1 Å². The number of hydrogen-bond donors (Lipinski definition) is 5. The minimum Gasteiger partial charge on any atom is -0.481 e. The number of ketones is 2. The first-order valence-electron chi connectivity index (χ1n) is 14.7. The van der Waals surface area contributed by atoms with Crippen LogP contribution in [0.4, 0.5) is 11.4 Å². The molecule has 18 heteroatoms. The second-order valence-corrected chi connectivity index (χ2v) is 14.6. The molecule has 0 saturated carbocycles. The minimum atomic E-state index is -5.19. The summed E-state index contributed by atoms with van der Waals surface area (Å²) in [6.45, 7) is 0. The summed E-state index contributed by atoms with van der Waals surface area (Å²) >= 11 is 0.759. The number of fused-ring (bicyclic) bond motifs is 2. The summed E-state index contributed by atoms with van der Waals surface area (Å²) in [5.74, 6) is -2.40. The van der Waals surface area contributed by atoms with Gasteiger partial charge >= 0.3 is 5.97 Å². The van der Waals surface area contributed by atoms with E-state index in [-0.39, 0.29) is 57.5 Å². The molecule has 5 aromatic rings. The van der Waals surface area contributed by atoms with Crippen molar-refractivity contribution in [1.82, 2.24) is 4.98 Å². The normalized spacial score (nSPS) is 12.4. The fourth-order valence-corrected chi connectivity index (χ4v) is 7.41. The third kappa shape index (κ3) is 7.00. The van der Waals surface area contributed by atoms with E-state index in [4.69, 9.17) is 14.3 Å². The molecule has 1 aromatic heterocycles. The number of carboxylic acid groups (broad SMARTS) is 1. The van der Waals surface area contributed by atoms with Crippen LogP contribution in [-0.4, -0.2) is 59.3 Å². The summed E-state index contributed by atoms with van der Waals surface area (Å²) in [6.07, 6.45) is 0.135. The van der Waals surface area contributed by atoms with Crippen LogP contribution in [0.25, 0.3) is 22.0 Å². The predicted molar refractivity (Wildman–Crippen MR) is 184 cm³/mol. The lowest BCUT2D eigenvalue weighted by atomic mass is 9.80. The van der Waals surface area contributed by atoms with Crippen LogP contribution < -0.4 is 15.8 Å². The van der Waals surface area contributed by atoms with Gasteiger partial charge in [0.25, 0.3) is 25.8 Å². The maximum atomic E-state index is 14.2. The van der Waals surface area contributed by atoms with E-state index in [1.807, 2.05) is 0 Å². The number of aromatic amines is 1. The number of H-pyrrole nitrogens is 1. The van der Waals surface area contributed by atoms with E-state index in [9.17, 15) is 45.1 Å². The van der Waals surface area contributed by atoms with Crippen LogP contribution in [0.15, 0.2) is 93.4 Å². The monoisotopic (exact) mass is 752 g/mol. The van der Waals surface area contributed by atoms with Crippen LogP contribution >= 0.6 is 12.0 Å². The Morgan fingerprint density at radius 3 is 2.14 bits per heavy atom. The molecule has 0 bridgehead atoms. The van der Waals surface area contributed by atoms with Crippen LogP contribution in [0, 0.1) is 0 Å². The second-order valence-electron chi connectivity index (χ2n) is 11.0. The van der Waals surface area contributed by atoms with Crippen molar-refractivity contribution in [3.63, 3.8) is 0 Å². The van der Waals surface area contributed by atoms with Crippen LogP contribution in [0.1, 0.15) is 44.7 Å². The average molecular weight is 753 g/mol. The van der Waals surface area contributed by atoms with E-state index in [0.29, 0.717) is 0 Å². The number of carboxylic acids is 1. The van der Waals surface area contributed by atoms with Gasteiger partial charge in [0, 0.05) is 52.4 Å². The van der Waals surface area contributed by atoms with Gasteiger partial charge in [-0.15, -0.1) is 4.33 Å². The Balaban J connectivity index is 1.59. The molecule has 15 nitrogen and oxygen atoms in total. The number of aliphatic carboxylic acids is 1. The molecule has 262 valence electrons. The fourth-order valence-electron chi connectivity index (χ4n) is 5.65. The fraction of sp³-hybridized carbons (Fsp3) is 0.0909.